The third-order valence-electron chi connectivity index (χ3n) is 6.03. The van der Waals surface area contributed by atoms with Crippen LogP contribution in [0, 0.1) is 0 Å². The predicted molar refractivity (Wildman–Crippen MR) is 115 cm³/mol. The summed E-state index contributed by atoms with van der Waals surface area (Å²) in [5.74, 6) is -0.737. The summed E-state index contributed by atoms with van der Waals surface area (Å²) in [6, 6.07) is 14.9. The van der Waals surface area contributed by atoms with Gasteiger partial charge in [-0.05, 0) is 54.5 Å². The summed E-state index contributed by atoms with van der Waals surface area (Å²) < 4.78 is 0. The first-order chi connectivity index (χ1) is 14.5. The summed E-state index contributed by atoms with van der Waals surface area (Å²) in [4.78, 5) is 39.2. The van der Waals surface area contributed by atoms with E-state index < -0.39 is 11.6 Å². The highest BCUT2D eigenvalue weighted by molar-refractivity contribution is 6.10. The van der Waals surface area contributed by atoms with Crippen LogP contribution in [0.2, 0.25) is 0 Å². The quantitative estimate of drug-likeness (QED) is 0.544. The Morgan fingerprint density at radius 1 is 1.10 bits per heavy atom. The van der Waals surface area contributed by atoms with Crippen LogP contribution in [-0.2, 0) is 28.0 Å². The summed E-state index contributed by atoms with van der Waals surface area (Å²) in [6.07, 6.45) is 5.81. The Kier molecular flexibility index (Phi) is 5.57. The van der Waals surface area contributed by atoms with E-state index in [0.717, 1.165) is 35.3 Å². The fraction of sp³-hybridized carbons (Fsp3) is 0.375. The average molecular weight is 405 g/mol. The number of urea groups is 1. The zero-order chi connectivity index (χ0) is 21.1. The lowest BCUT2D eigenvalue weighted by Gasteiger charge is -2.22. The minimum atomic E-state index is -1.03. The Morgan fingerprint density at radius 3 is 2.63 bits per heavy atom. The molecule has 30 heavy (non-hydrogen) atoms. The van der Waals surface area contributed by atoms with Gasteiger partial charge >= 0.3 is 6.03 Å². The molecule has 2 N–H and O–H groups in total. The van der Waals surface area contributed by atoms with Gasteiger partial charge in [-0.15, -0.1) is 0 Å². The SMILES string of the molecule is CCCCCc1ccc(NC(=O)CN2C(=O)NC3(CCc4ccccc43)C2=O)cc1. The number of unbranched alkanes of at least 4 members (excludes halogenated alkanes) is 2. The second kappa shape index (κ2) is 8.30. The molecular formula is C24H27N3O3. The van der Waals surface area contributed by atoms with E-state index in [4.69, 9.17) is 0 Å². The number of hydrogen-bond donors (Lipinski definition) is 2. The van der Waals surface area contributed by atoms with Gasteiger partial charge in [0.15, 0.2) is 0 Å². The third kappa shape index (κ3) is 3.70. The van der Waals surface area contributed by atoms with E-state index in [1.807, 2.05) is 48.5 Å². The van der Waals surface area contributed by atoms with Crippen LogP contribution in [0.25, 0.3) is 0 Å². The van der Waals surface area contributed by atoms with Crippen LogP contribution >= 0.6 is 0 Å². The van der Waals surface area contributed by atoms with Gasteiger partial charge in [0.2, 0.25) is 5.91 Å². The van der Waals surface area contributed by atoms with Gasteiger partial charge in [-0.3, -0.25) is 14.5 Å². The number of imide groups is 1. The van der Waals surface area contributed by atoms with Crippen LogP contribution in [0.1, 0.15) is 49.3 Å². The molecule has 0 saturated carbocycles. The predicted octanol–water partition coefficient (Wildman–Crippen LogP) is 3.75. The van der Waals surface area contributed by atoms with E-state index in [-0.39, 0.29) is 18.4 Å². The van der Waals surface area contributed by atoms with E-state index >= 15 is 0 Å². The molecule has 1 heterocycles. The van der Waals surface area contributed by atoms with Crippen molar-refractivity contribution >= 4 is 23.5 Å². The molecule has 1 atom stereocenters. The molecule has 4 amide bonds. The number of aryl methyl sites for hydroxylation is 2. The van der Waals surface area contributed by atoms with Gasteiger partial charge < -0.3 is 10.6 Å². The average Bonchev–Trinajstić information content (AvgIpc) is 3.23. The Balaban J connectivity index is 1.39. The number of nitrogens with zero attached hydrogens (tertiary/aromatic N) is 1. The summed E-state index contributed by atoms with van der Waals surface area (Å²) in [5, 5.41) is 5.63. The lowest BCUT2D eigenvalue weighted by molar-refractivity contribution is -0.134. The standard InChI is InChI=1S/C24H27N3O3/c1-2-3-4-7-17-10-12-19(13-11-17)25-21(28)16-27-22(29)24(26-23(27)30)15-14-18-8-5-6-9-20(18)24/h5-6,8-13H,2-4,7,14-16H2,1H3,(H,25,28)(H,26,30). The maximum Gasteiger partial charge on any atom is 0.325 e. The van der Waals surface area contributed by atoms with Crippen molar-refractivity contribution in [1.29, 1.82) is 0 Å². The number of hydrogen-bond acceptors (Lipinski definition) is 3. The minimum absolute atomic E-state index is 0.299. The van der Waals surface area contributed by atoms with Crippen molar-refractivity contribution in [2.45, 2.75) is 51.0 Å². The number of anilines is 1. The maximum absolute atomic E-state index is 13.1. The van der Waals surface area contributed by atoms with E-state index in [9.17, 15) is 14.4 Å². The third-order valence-corrected chi connectivity index (χ3v) is 6.03. The minimum Gasteiger partial charge on any atom is -0.325 e. The molecule has 1 aliphatic heterocycles. The zero-order valence-electron chi connectivity index (χ0n) is 17.2. The zero-order valence-corrected chi connectivity index (χ0v) is 17.2. The summed E-state index contributed by atoms with van der Waals surface area (Å²) in [5.41, 5.74) is 2.76. The normalized spacial score (nSPS) is 19.8. The second-order valence-corrected chi connectivity index (χ2v) is 8.09. The number of amides is 4. The van der Waals surface area contributed by atoms with E-state index in [1.165, 1.54) is 18.4 Å². The van der Waals surface area contributed by atoms with Gasteiger partial charge in [0.25, 0.3) is 5.91 Å². The van der Waals surface area contributed by atoms with Crippen molar-refractivity contribution in [2.75, 3.05) is 11.9 Å². The molecule has 1 aliphatic carbocycles. The van der Waals surface area contributed by atoms with Gasteiger partial charge in [-0.25, -0.2) is 4.79 Å². The van der Waals surface area contributed by atoms with Gasteiger partial charge in [0.1, 0.15) is 12.1 Å². The van der Waals surface area contributed by atoms with Crippen molar-refractivity contribution in [2.24, 2.45) is 0 Å². The first kappa shape index (κ1) is 20.1. The van der Waals surface area contributed by atoms with Gasteiger partial charge in [0, 0.05) is 5.69 Å². The van der Waals surface area contributed by atoms with Gasteiger partial charge in [-0.2, -0.15) is 0 Å². The fourth-order valence-corrected chi connectivity index (χ4v) is 4.41. The van der Waals surface area contributed by atoms with Crippen LogP contribution in [0.15, 0.2) is 48.5 Å². The summed E-state index contributed by atoms with van der Waals surface area (Å²) in [6.45, 7) is 1.88. The topological polar surface area (TPSA) is 78.5 Å². The highest BCUT2D eigenvalue weighted by atomic mass is 16.2. The van der Waals surface area contributed by atoms with Crippen LogP contribution in [0.3, 0.4) is 0 Å². The van der Waals surface area contributed by atoms with E-state index in [1.54, 1.807) is 0 Å². The molecular weight excluding hydrogens is 378 g/mol. The number of fused-ring (bicyclic) bond motifs is 2. The van der Waals surface area contributed by atoms with Gasteiger partial charge in [0.05, 0.1) is 0 Å². The first-order valence-electron chi connectivity index (χ1n) is 10.6. The lowest BCUT2D eigenvalue weighted by Crippen LogP contribution is -2.42. The summed E-state index contributed by atoms with van der Waals surface area (Å²) in [7, 11) is 0. The molecule has 1 unspecified atom stereocenters. The molecule has 0 radical (unpaired) electrons. The highest BCUT2D eigenvalue weighted by Gasteiger charge is 2.55. The Labute approximate surface area is 176 Å². The van der Waals surface area contributed by atoms with Crippen LogP contribution in [-0.4, -0.2) is 29.3 Å². The van der Waals surface area contributed by atoms with Crippen molar-refractivity contribution in [1.82, 2.24) is 10.2 Å². The number of nitrogens with one attached hydrogen (secondary N) is 2. The molecule has 4 rings (SSSR count). The molecule has 0 bridgehead atoms. The molecule has 2 aromatic carbocycles. The molecule has 1 fully saturated rings. The second-order valence-electron chi connectivity index (χ2n) is 8.09. The van der Waals surface area contributed by atoms with Crippen molar-refractivity contribution in [3.63, 3.8) is 0 Å². The molecule has 2 aliphatic rings. The number of carbonyl (C=O) groups excluding carboxylic acids is 3. The fourth-order valence-electron chi connectivity index (χ4n) is 4.41. The Morgan fingerprint density at radius 2 is 1.87 bits per heavy atom. The first-order valence-corrected chi connectivity index (χ1v) is 10.6. The monoisotopic (exact) mass is 405 g/mol. The molecule has 6 heteroatoms. The number of benzene rings is 2. The molecule has 1 spiro atoms. The molecule has 0 aromatic heterocycles. The molecule has 2 aromatic rings. The Hall–Kier alpha value is -3.15. The van der Waals surface area contributed by atoms with Crippen LogP contribution in [0.4, 0.5) is 10.5 Å². The maximum atomic E-state index is 13.1. The largest absolute Gasteiger partial charge is 0.325 e. The van der Waals surface area contributed by atoms with Crippen molar-refractivity contribution in [3.8, 4) is 0 Å². The summed E-state index contributed by atoms with van der Waals surface area (Å²) >= 11 is 0. The van der Waals surface area contributed by atoms with Crippen LogP contribution < -0.4 is 10.6 Å². The smallest absolute Gasteiger partial charge is 0.325 e. The Bertz CT molecular complexity index is 970. The van der Waals surface area contributed by atoms with E-state index in [0.29, 0.717) is 12.1 Å². The number of rotatable bonds is 7. The van der Waals surface area contributed by atoms with Crippen molar-refractivity contribution < 1.29 is 14.4 Å². The van der Waals surface area contributed by atoms with E-state index in [2.05, 4.69) is 17.6 Å². The molecule has 156 valence electrons. The van der Waals surface area contributed by atoms with Gasteiger partial charge in [-0.1, -0.05) is 56.2 Å². The molecule has 6 nitrogen and oxygen atoms in total. The highest BCUT2D eigenvalue weighted by Crippen LogP contribution is 2.41. The van der Waals surface area contributed by atoms with Crippen molar-refractivity contribution in [3.05, 3.63) is 65.2 Å². The number of carbonyl (C=O) groups is 3. The molecule has 1 saturated heterocycles. The van der Waals surface area contributed by atoms with Crippen LogP contribution in [0.5, 0.6) is 0 Å². The lowest BCUT2D eigenvalue weighted by atomic mass is 9.92.